The minimum Gasteiger partial charge on any atom is -0.444 e. The van der Waals surface area contributed by atoms with Gasteiger partial charge in [-0.1, -0.05) is 6.07 Å². The van der Waals surface area contributed by atoms with E-state index in [9.17, 15) is 4.79 Å². The molecule has 134 valence electrons. The number of piperidine rings is 1. The van der Waals surface area contributed by atoms with Gasteiger partial charge < -0.3 is 14.4 Å². The molecule has 0 aromatic carbocycles. The summed E-state index contributed by atoms with van der Waals surface area (Å²) in [6.45, 7) is 9.78. The summed E-state index contributed by atoms with van der Waals surface area (Å²) < 4.78 is 11.0. The van der Waals surface area contributed by atoms with E-state index >= 15 is 0 Å². The van der Waals surface area contributed by atoms with Crippen molar-refractivity contribution in [1.29, 1.82) is 0 Å². The molecule has 1 aliphatic rings. The Hall–Kier alpha value is -1.62. The largest absolute Gasteiger partial charge is 0.444 e. The van der Waals surface area contributed by atoms with Crippen LogP contribution in [0.3, 0.4) is 0 Å². The lowest BCUT2D eigenvalue weighted by Gasteiger charge is -2.41. The second-order valence-corrected chi connectivity index (χ2v) is 7.85. The van der Waals surface area contributed by atoms with Crippen molar-refractivity contribution < 1.29 is 14.3 Å². The van der Waals surface area contributed by atoms with Crippen LogP contribution in [-0.4, -0.2) is 48.4 Å². The molecule has 0 spiro atoms. The molecular weight excluding hydrogens is 304 g/mol. The number of ether oxygens (including phenoxy) is 2. The average molecular weight is 334 g/mol. The van der Waals surface area contributed by atoms with E-state index in [1.165, 1.54) is 0 Å². The number of methoxy groups -OCH3 is 1. The summed E-state index contributed by atoms with van der Waals surface area (Å²) in [6, 6.07) is 6.14. The van der Waals surface area contributed by atoms with Crippen molar-refractivity contribution in [2.45, 2.75) is 52.6 Å². The smallest absolute Gasteiger partial charge is 0.410 e. The quantitative estimate of drug-likeness (QED) is 0.844. The zero-order chi connectivity index (χ0) is 17.8. The lowest BCUT2D eigenvalue weighted by atomic mass is 9.75. The fraction of sp³-hybridized carbons (Fsp3) is 0.684. The Balaban J connectivity index is 2.02. The van der Waals surface area contributed by atoms with Crippen molar-refractivity contribution in [2.75, 3.05) is 26.8 Å². The molecule has 5 nitrogen and oxygen atoms in total. The van der Waals surface area contributed by atoms with Crippen LogP contribution in [0.15, 0.2) is 18.2 Å². The van der Waals surface area contributed by atoms with Crippen LogP contribution in [-0.2, 0) is 15.9 Å². The van der Waals surface area contributed by atoms with Gasteiger partial charge in [-0.2, -0.15) is 0 Å². The molecule has 1 aromatic heterocycles. The molecule has 0 bridgehead atoms. The number of hydrogen-bond donors (Lipinski definition) is 0. The predicted molar refractivity (Wildman–Crippen MR) is 94.0 cm³/mol. The Labute approximate surface area is 145 Å². The summed E-state index contributed by atoms with van der Waals surface area (Å²) >= 11 is 0. The van der Waals surface area contributed by atoms with E-state index in [0.717, 1.165) is 30.7 Å². The number of aryl methyl sites for hydroxylation is 1. The lowest BCUT2D eigenvalue weighted by Crippen LogP contribution is -2.47. The van der Waals surface area contributed by atoms with Crippen molar-refractivity contribution in [1.82, 2.24) is 9.88 Å². The normalized spacial score (nSPS) is 17.6. The van der Waals surface area contributed by atoms with Gasteiger partial charge in [0.25, 0.3) is 0 Å². The number of rotatable bonds is 4. The summed E-state index contributed by atoms with van der Waals surface area (Å²) in [6.07, 6.45) is 2.46. The first-order chi connectivity index (χ1) is 11.2. The molecule has 5 heteroatoms. The number of nitrogens with zero attached hydrogens (tertiary/aromatic N) is 2. The van der Waals surface area contributed by atoms with Crippen LogP contribution in [0.2, 0.25) is 0 Å². The van der Waals surface area contributed by atoms with Crippen LogP contribution in [0.25, 0.3) is 0 Å². The molecule has 0 unspecified atom stereocenters. The second kappa shape index (κ2) is 7.51. The van der Waals surface area contributed by atoms with Gasteiger partial charge >= 0.3 is 6.09 Å². The first kappa shape index (κ1) is 18.7. The minimum absolute atomic E-state index is 0.0358. The maximum absolute atomic E-state index is 12.2. The number of carbonyl (C=O) groups excluding carboxylic acids is 1. The van der Waals surface area contributed by atoms with E-state index in [1.54, 1.807) is 7.11 Å². The highest BCUT2D eigenvalue weighted by Crippen LogP contribution is 2.35. The molecule has 1 aliphatic heterocycles. The van der Waals surface area contributed by atoms with Gasteiger partial charge in [-0.25, -0.2) is 4.79 Å². The number of hydrogen-bond acceptors (Lipinski definition) is 4. The topological polar surface area (TPSA) is 51.7 Å². The van der Waals surface area contributed by atoms with E-state index < -0.39 is 5.60 Å². The second-order valence-electron chi connectivity index (χ2n) is 7.85. The first-order valence-electron chi connectivity index (χ1n) is 8.62. The zero-order valence-electron chi connectivity index (χ0n) is 15.6. The summed E-state index contributed by atoms with van der Waals surface area (Å²) in [5.41, 5.74) is 1.71. The molecule has 1 fully saturated rings. The Kier molecular flexibility index (Phi) is 5.86. The van der Waals surface area contributed by atoms with Gasteiger partial charge in [0, 0.05) is 37.0 Å². The minimum atomic E-state index is -0.455. The lowest BCUT2D eigenvalue weighted by molar-refractivity contribution is -0.00699. The third-order valence-electron chi connectivity index (χ3n) is 4.43. The number of carbonyl (C=O) groups is 1. The van der Waals surface area contributed by atoms with Crippen molar-refractivity contribution in [2.24, 2.45) is 5.41 Å². The van der Waals surface area contributed by atoms with E-state index in [0.29, 0.717) is 19.7 Å². The van der Waals surface area contributed by atoms with E-state index in [4.69, 9.17) is 9.47 Å². The van der Waals surface area contributed by atoms with E-state index in [-0.39, 0.29) is 11.5 Å². The maximum atomic E-state index is 12.2. The summed E-state index contributed by atoms with van der Waals surface area (Å²) in [5.74, 6) is 0. The third kappa shape index (κ3) is 5.20. The van der Waals surface area contributed by atoms with Crippen LogP contribution in [0.4, 0.5) is 4.79 Å². The maximum Gasteiger partial charge on any atom is 0.410 e. The molecule has 1 amide bonds. The molecular formula is C19H30N2O3. The average Bonchev–Trinajstić information content (AvgIpc) is 2.46. The van der Waals surface area contributed by atoms with Crippen LogP contribution >= 0.6 is 0 Å². The molecule has 1 aromatic rings. The highest BCUT2D eigenvalue weighted by molar-refractivity contribution is 5.68. The monoisotopic (exact) mass is 334 g/mol. The highest BCUT2D eigenvalue weighted by Gasteiger charge is 2.37. The van der Waals surface area contributed by atoms with Crippen molar-refractivity contribution in [3.63, 3.8) is 0 Å². The Morgan fingerprint density at radius 1 is 1.29 bits per heavy atom. The van der Waals surface area contributed by atoms with Gasteiger partial charge in [0.1, 0.15) is 5.60 Å². The molecule has 2 rings (SSSR count). The molecule has 2 heterocycles. The number of likely N-dealkylation sites (tertiary alicyclic amines) is 1. The van der Waals surface area contributed by atoms with Gasteiger partial charge in [0.15, 0.2) is 0 Å². The molecule has 24 heavy (non-hydrogen) atoms. The molecule has 0 atom stereocenters. The van der Waals surface area contributed by atoms with Gasteiger partial charge in [-0.3, -0.25) is 4.98 Å². The van der Waals surface area contributed by atoms with Crippen LogP contribution in [0.5, 0.6) is 0 Å². The number of aromatic nitrogens is 1. The zero-order valence-corrected chi connectivity index (χ0v) is 15.6. The molecule has 1 saturated heterocycles. The predicted octanol–water partition coefficient (Wildman–Crippen LogP) is 3.60. The fourth-order valence-corrected chi connectivity index (χ4v) is 3.25. The summed E-state index contributed by atoms with van der Waals surface area (Å²) in [5, 5.41) is 0. The van der Waals surface area contributed by atoms with Gasteiger partial charge in [0.05, 0.1) is 6.61 Å². The fourth-order valence-electron chi connectivity index (χ4n) is 3.25. The number of amides is 1. The SMILES string of the molecule is COCC1(Cc2cccc(C)n2)CCN(C(=O)OC(C)(C)C)CC1. The molecule has 0 saturated carbocycles. The molecule has 0 N–H and O–H groups in total. The Bertz CT molecular complexity index is 558. The van der Waals surface area contributed by atoms with Crippen LogP contribution in [0.1, 0.15) is 45.0 Å². The molecule has 0 aliphatic carbocycles. The standard InChI is InChI=1S/C19H30N2O3/c1-15-7-6-8-16(20-15)13-19(14-23-5)9-11-21(12-10-19)17(22)24-18(2,3)4/h6-8H,9-14H2,1-5H3. The highest BCUT2D eigenvalue weighted by atomic mass is 16.6. The number of pyridine rings is 1. The van der Waals surface area contributed by atoms with Crippen LogP contribution < -0.4 is 0 Å². The van der Waals surface area contributed by atoms with Crippen LogP contribution in [0, 0.1) is 12.3 Å². The van der Waals surface area contributed by atoms with Gasteiger partial charge in [0.2, 0.25) is 0 Å². The Morgan fingerprint density at radius 2 is 1.96 bits per heavy atom. The van der Waals surface area contributed by atoms with Crippen molar-refractivity contribution in [3.8, 4) is 0 Å². The first-order valence-corrected chi connectivity index (χ1v) is 8.62. The van der Waals surface area contributed by atoms with E-state index in [2.05, 4.69) is 11.1 Å². The third-order valence-corrected chi connectivity index (χ3v) is 4.43. The van der Waals surface area contributed by atoms with Gasteiger partial charge in [-0.05, 0) is 59.1 Å². The summed E-state index contributed by atoms with van der Waals surface area (Å²) in [7, 11) is 1.74. The van der Waals surface area contributed by atoms with Crippen molar-refractivity contribution in [3.05, 3.63) is 29.6 Å². The Morgan fingerprint density at radius 3 is 2.50 bits per heavy atom. The van der Waals surface area contributed by atoms with E-state index in [1.807, 2.05) is 44.7 Å². The summed E-state index contributed by atoms with van der Waals surface area (Å²) in [4.78, 5) is 18.7. The molecule has 0 radical (unpaired) electrons. The van der Waals surface area contributed by atoms with Crippen molar-refractivity contribution >= 4 is 6.09 Å². The van der Waals surface area contributed by atoms with Gasteiger partial charge in [-0.15, -0.1) is 0 Å².